The smallest absolute Gasteiger partial charge is 0.198 e. The zero-order valence-electron chi connectivity index (χ0n) is 15.6. The molecule has 2 aromatic carbocycles. The van der Waals surface area contributed by atoms with Crippen LogP contribution in [0.25, 0.3) is 11.7 Å². The monoisotopic (exact) mass is 404 g/mol. The van der Waals surface area contributed by atoms with Gasteiger partial charge < -0.3 is 4.74 Å². The van der Waals surface area contributed by atoms with E-state index in [9.17, 15) is 22.4 Å². The third-order valence-electron chi connectivity index (χ3n) is 4.84. The molecule has 0 saturated heterocycles. The van der Waals surface area contributed by atoms with Crippen molar-refractivity contribution in [3.8, 4) is 5.75 Å². The Morgan fingerprint density at radius 3 is 1.72 bits per heavy atom. The first kappa shape index (κ1) is 20.8. The highest BCUT2D eigenvalue weighted by Gasteiger charge is 2.20. The second-order valence-electron chi connectivity index (χ2n) is 6.90. The molecule has 0 bridgehead atoms. The first-order valence-corrected chi connectivity index (χ1v) is 9.43. The maximum Gasteiger partial charge on any atom is 0.198 e. The molecule has 3 rings (SSSR count). The van der Waals surface area contributed by atoms with E-state index < -0.39 is 23.3 Å². The Morgan fingerprint density at radius 1 is 0.759 bits per heavy atom. The van der Waals surface area contributed by atoms with Gasteiger partial charge in [-0.05, 0) is 49.9 Å². The quantitative estimate of drug-likeness (QED) is 0.291. The van der Waals surface area contributed by atoms with E-state index in [0.717, 1.165) is 37.8 Å². The van der Waals surface area contributed by atoms with Gasteiger partial charge in [-0.3, -0.25) is 4.79 Å². The van der Waals surface area contributed by atoms with Gasteiger partial charge in [0.1, 0.15) is 12.0 Å². The van der Waals surface area contributed by atoms with E-state index in [0.29, 0.717) is 12.0 Å². The van der Waals surface area contributed by atoms with Crippen molar-refractivity contribution in [3.63, 3.8) is 0 Å². The van der Waals surface area contributed by atoms with Crippen molar-refractivity contribution >= 4 is 17.9 Å². The lowest BCUT2D eigenvalue weighted by atomic mass is 9.98. The predicted octanol–water partition coefficient (Wildman–Crippen LogP) is 7.13. The maximum absolute atomic E-state index is 14.3. The molecule has 152 valence electrons. The molecule has 0 atom stereocenters. The molecular formula is C23H20F4O2. The number of allylic oxidation sites excluding steroid dienone is 2. The second-order valence-corrected chi connectivity index (χ2v) is 6.90. The van der Waals surface area contributed by atoms with Crippen LogP contribution in [0.1, 0.15) is 53.6 Å². The summed E-state index contributed by atoms with van der Waals surface area (Å²) in [6.07, 6.45) is 5.92. The topological polar surface area (TPSA) is 26.3 Å². The SMILES string of the molecule is O=Cc1ccc(/C(F)=C(F)/C(F)=C(\F)c2ccc(OC3CCCCC3)cc2)cc1. The highest BCUT2D eigenvalue weighted by Crippen LogP contribution is 2.33. The molecular weight excluding hydrogens is 384 g/mol. The van der Waals surface area contributed by atoms with E-state index in [4.69, 9.17) is 4.74 Å². The number of hydrogen-bond donors (Lipinski definition) is 0. The van der Waals surface area contributed by atoms with Crippen molar-refractivity contribution in [1.82, 2.24) is 0 Å². The van der Waals surface area contributed by atoms with Gasteiger partial charge in [0.15, 0.2) is 23.3 Å². The molecule has 0 aromatic heterocycles. The molecule has 1 aliphatic rings. The third kappa shape index (κ3) is 5.13. The summed E-state index contributed by atoms with van der Waals surface area (Å²) in [5, 5.41) is 0. The van der Waals surface area contributed by atoms with Crippen molar-refractivity contribution in [2.75, 3.05) is 0 Å². The molecule has 0 amide bonds. The standard InChI is InChI=1S/C23H20F4O2/c24-20(16-8-6-15(14-28)7-9-16)22(26)23(27)21(25)17-10-12-19(13-11-17)29-18-4-2-1-3-5-18/h6-14,18H,1-5H2/b22-20+,23-21+. The molecule has 6 heteroatoms. The van der Waals surface area contributed by atoms with Crippen LogP contribution in [0.2, 0.25) is 0 Å². The van der Waals surface area contributed by atoms with E-state index in [1.54, 1.807) is 0 Å². The molecule has 0 unspecified atom stereocenters. The molecule has 1 fully saturated rings. The molecule has 0 radical (unpaired) electrons. The molecule has 0 aliphatic heterocycles. The number of ether oxygens (including phenoxy) is 1. The van der Waals surface area contributed by atoms with E-state index in [2.05, 4.69) is 0 Å². The molecule has 0 heterocycles. The highest BCUT2D eigenvalue weighted by atomic mass is 19.2. The Balaban J connectivity index is 1.78. The molecule has 0 spiro atoms. The minimum absolute atomic E-state index is 0.104. The number of benzene rings is 2. The molecule has 2 aromatic rings. The minimum Gasteiger partial charge on any atom is -0.490 e. The second kappa shape index (κ2) is 9.54. The van der Waals surface area contributed by atoms with Crippen LogP contribution in [0.3, 0.4) is 0 Å². The summed E-state index contributed by atoms with van der Waals surface area (Å²) in [5.74, 6) is -6.41. The average Bonchev–Trinajstić information content (AvgIpc) is 2.78. The lowest BCUT2D eigenvalue weighted by Gasteiger charge is -2.23. The molecule has 1 aliphatic carbocycles. The van der Waals surface area contributed by atoms with Crippen LogP contribution in [-0.2, 0) is 0 Å². The summed E-state index contributed by atoms with van der Waals surface area (Å²) in [5.41, 5.74) is -0.273. The average molecular weight is 404 g/mol. The predicted molar refractivity (Wildman–Crippen MR) is 104 cm³/mol. The van der Waals surface area contributed by atoms with Crippen molar-refractivity contribution in [3.05, 3.63) is 76.9 Å². The van der Waals surface area contributed by atoms with Crippen molar-refractivity contribution in [2.24, 2.45) is 0 Å². The number of rotatable bonds is 6. The number of aldehydes is 1. The number of carbonyl (C=O) groups is 1. The summed E-state index contributed by atoms with van der Waals surface area (Å²) in [4.78, 5) is 10.6. The Kier molecular flexibility index (Phi) is 6.86. The van der Waals surface area contributed by atoms with E-state index in [-0.39, 0.29) is 22.8 Å². The zero-order chi connectivity index (χ0) is 20.8. The van der Waals surface area contributed by atoms with Gasteiger partial charge in [-0.1, -0.05) is 30.7 Å². The molecule has 2 nitrogen and oxygen atoms in total. The van der Waals surface area contributed by atoms with Gasteiger partial charge in [0.2, 0.25) is 0 Å². The van der Waals surface area contributed by atoms with Crippen molar-refractivity contribution in [2.45, 2.75) is 38.2 Å². The first-order chi connectivity index (χ1) is 14.0. The van der Waals surface area contributed by atoms with Crippen LogP contribution >= 0.6 is 0 Å². The first-order valence-electron chi connectivity index (χ1n) is 9.43. The largest absolute Gasteiger partial charge is 0.490 e. The number of hydrogen-bond acceptors (Lipinski definition) is 2. The Bertz CT molecular complexity index is 909. The van der Waals surface area contributed by atoms with Gasteiger partial charge >= 0.3 is 0 Å². The van der Waals surface area contributed by atoms with Crippen molar-refractivity contribution < 1.29 is 27.1 Å². The number of carbonyl (C=O) groups excluding carboxylic acids is 1. The fourth-order valence-corrected chi connectivity index (χ4v) is 3.21. The van der Waals surface area contributed by atoms with Gasteiger partial charge in [0.05, 0.1) is 6.10 Å². The van der Waals surface area contributed by atoms with Gasteiger partial charge in [0.25, 0.3) is 0 Å². The fourth-order valence-electron chi connectivity index (χ4n) is 3.21. The van der Waals surface area contributed by atoms with Crippen LogP contribution in [0.5, 0.6) is 5.75 Å². The summed E-state index contributed by atoms with van der Waals surface area (Å²) in [6, 6.07) is 10.2. The minimum atomic E-state index is -1.94. The van der Waals surface area contributed by atoms with E-state index >= 15 is 0 Å². The van der Waals surface area contributed by atoms with Crippen molar-refractivity contribution in [1.29, 1.82) is 0 Å². The third-order valence-corrected chi connectivity index (χ3v) is 4.84. The summed E-state index contributed by atoms with van der Waals surface area (Å²) >= 11 is 0. The number of halogens is 4. The van der Waals surface area contributed by atoms with Gasteiger partial charge in [-0.2, -0.15) is 0 Å². The van der Waals surface area contributed by atoms with Crippen LogP contribution < -0.4 is 4.74 Å². The van der Waals surface area contributed by atoms with Gasteiger partial charge in [-0.15, -0.1) is 0 Å². The highest BCUT2D eigenvalue weighted by molar-refractivity contribution is 5.77. The Hall–Kier alpha value is -2.89. The summed E-state index contributed by atoms with van der Waals surface area (Å²) in [6.45, 7) is 0. The van der Waals surface area contributed by atoms with Crippen LogP contribution in [0.4, 0.5) is 17.6 Å². The lowest BCUT2D eigenvalue weighted by molar-refractivity contribution is 0.112. The summed E-state index contributed by atoms with van der Waals surface area (Å²) in [7, 11) is 0. The van der Waals surface area contributed by atoms with Crippen LogP contribution in [0.15, 0.2) is 60.2 Å². The Labute approximate surface area is 166 Å². The fraction of sp³-hybridized carbons (Fsp3) is 0.261. The normalized spacial score (nSPS) is 16.7. The van der Waals surface area contributed by atoms with Crippen LogP contribution in [-0.4, -0.2) is 12.4 Å². The zero-order valence-corrected chi connectivity index (χ0v) is 15.6. The van der Waals surface area contributed by atoms with E-state index in [1.165, 1.54) is 42.8 Å². The maximum atomic E-state index is 14.3. The summed E-state index contributed by atoms with van der Waals surface area (Å²) < 4.78 is 62.6. The molecule has 29 heavy (non-hydrogen) atoms. The lowest BCUT2D eigenvalue weighted by Crippen LogP contribution is -2.19. The van der Waals surface area contributed by atoms with Gasteiger partial charge in [-0.25, -0.2) is 17.6 Å². The molecule has 1 saturated carbocycles. The van der Waals surface area contributed by atoms with Crippen LogP contribution in [0, 0.1) is 0 Å². The molecule has 0 N–H and O–H groups in total. The Morgan fingerprint density at radius 2 is 1.24 bits per heavy atom. The van der Waals surface area contributed by atoms with E-state index in [1.807, 2.05) is 0 Å². The van der Waals surface area contributed by atoms with Gasteiger partial charge in [0, 0.05) is 16.7 Å².